The lowest BCUT2D eigenvalue weighted by Gasteiger charge is -2.20. The van der Waals surface area contributed by atoms with Crippen LogP contribution in [0.25, 0.3) is 0 Å². The molecule has 19 heavy (non-hydrogen) atoms. The normalized spacial score (nSPS) is 30.9. The zero-order valence-corrected chi connectivity index (χ0v) is 11.9. The Hall–Kier alpha value is -0.970. The number of hydrogen-bond acceptors (Lipinski definition) is 3. The molecule has 0 aromatic heterocycles. The SMILES string of the molecule is O=C1NC2(CCSC2)C(=O)N1CCC1=CCCCC1. The quantitative estimate of drug-likeness (QED) is 0.637. The Labute approximate surface area is 118 Å². The van der Waals surface area contributed by atoms with Crippen LogP contribution in [0.3, 0.4) is 0 Å². The van der Waals surface area contributed by atoms with Crippen LogP contribution in [0.2, 0.25) is 0 Å². The van der Waals surface area contributed by atoms with Gasteiger partial charge in [0.2, 0.25) is 0 Å². The van der Waals surface area contributed by atoms with Gasteiger partial charge in [0.25, 0.3) is 5.91 Å². The van der Waals surface area contributed by atoms with Crippen LogP contribution in [0.15, 0.2) is 11.6 Å². The van der Waals surface area contributed by atoms with Gasteiger partial charge in [0.1, 0.15) is 5.54 Å². The van der Waals surface area contributed by atoms with Gasteiger partial charge < -0.3 is 5.32 Å². The molecule has 3 rings (SSSR count). The minimum atomic E-state index is -0.581. The van der Waals surface area contributed by atoms with Gasteiger partial charge in [-0.25, -0.2) is 4.79 Å². The first-order valence-corrected chi connectivity index (χ1v) is 8.26. The summed E-state index contributed by atoms with van der Waals surface area (Å²) in [7, 11) is 0. The molecule has 3 amide bonds. The predicted octanol–water partition coefficient (Wildman–Crippen LogP) is 2.30. The molecule has 0 bridgehead atoms. The van der Waals surface area contributed by atoms with Gasteiger partial charge in [-0.05, 0) is 44.3 Å². The number of carbonyl (C=O) groups is 2. The lowest BCUT2D eigenvalue weighted by atomic mass is 9.96. The molecule has 104 valence electrons. The monoisotopic (exact) mass is 280 g/mol. The van der Waals surface area contributed by atoms with Crippen LogP contribution >= 0.6 is 11.8 Å². The van der Waals surface area contributed by atoms with E-state index < -0.39 is 5.54 Å². The fourth-order valence-electron chi connectivity index (χ4n) is 3.10. The van der Waals surface area contributed by atoms with Crippen molar-refractivity contribution in [2.45, 2.75) is 44.1 Å². The first kappa shape index (κ1) is 13.0. The topological polar surface area (TPSA) is 49.4 Å². The number of rotatable bonds is 3. The molecule has 2 aliphatic heterocycles. The fourth-order valence-corrected chi connectivity index (χ4v) is 4.42. The average Bonchev–Trinajstić information content (AvgIpc) is 2.97. The van der Waals surface area contributed by atoms with Gasteiger partial charge in [-0.2, -0.15) is 11.8 Å². The molecule has 1 unspecified atom stereocenters. The molecule has 1 spiro atoms. The van der Waals surface area contributed by atoms with Crippen LogP contribution < -0.4 is 5.32 Å². The molecular weight excluding hydrogens is 260 g/mol. The average molecular weight is 280 g/mol. The van der Waals surface area contributed by atoms with Crippen molar-refractivity contribution < 1.29 is 9.59 Å². The van der Waals surface area contributed by atoms with Crippen LogP contribution in [0.5, 0.6) is 0 Å². The second kappa shape index (κ2) is 5.19. The number of thioether (sulfide) groups is 1. The summed E-state index contributed by atoms with van der Waals surface area (Å²) in [6, 6.07) is -0.191. The van der Waals surface area contributed by atoms with Crippen LogP contribution in [-0.4, -0.2) is 40.4 Å². The van der Waals surface area contributed by atoms with E-state index in [2.05, 4.69) is 11.4 Å². The zero-order chi connectivity index (χ0) is 13.3. The van der Waals surface area contributed by atoms with Crippen LogP contribution in [-0.2, 0) is 4.79 Å². The number of carbonyl (C=O) groups excluding carboxylic acids is 2. The molecule has 0 saturated carbocycles. The Morgan fingerprint density at radius 3 is 2.95 bits per heavy atom. The Kier molecular flexibility index (Phi) is 3.56. The molecule has 0 radical (unpaired) electrons. The summed E-state index contributed by atoms with van der Waals surface area (Å²) in [5.41, 5.74) is 0.830. The Bertz CT molecular complexity index is 427. The largest absolute Gasteiger partial charge is 0.325 e. The molecule has 4 nitrogen and oxygen atoms in total. The van der Waals surface area contributed by atoms with Crippen LogP contribution in [0.4, 0.5) is 4.79 Å². The van der Waals surface area contributed by atoms with Crippen molar-refractivity contribution in [3.05, 3.63) is 11.6 Å². The molecule has 1 atom stereocenters. The smallest absolute Gasteiger partial charge is 0.322 e. The van der Waals surface area contributed by atoms with Gasteiger partial charge in [-0.1, -0.05) is 11.6 Å². The molecule has 0 aromatic rings. The standard InChI is InChI=1S/C14H20N2O2S/c17-12-14(7-9-19-10-14)15-13(18)16(12)8-6-11-4-2-1-3-5-11/h4H,1-3,5-10H2,(H,15,18). The Balaban J connectivity index is 1.63. The minimum Gasteiger partial charge on any atom is -0.322 e. The number of amides is 3. The summed E-state index contributed by atoms with van der Waals surface area (Å²) in [5, 5.41) is 2.91. The number of urea groups is 1. The highest BCUT2D eigenvalue weighted by Crippen LogP contribution is 2.33. The molecule has 3 aliphatic rings. The van der Waals surface area contributed by atoms with Crippen molar-refractivity contribution in [2.24, 2.45) is 0 Å². The van der Waals surface area contributed by atoms with E-state index in [1.807, 2.05) is 0 Å². The third-order valence-corrected chi connectivity index (χ3v) is 5.50. The van der Waals surface area contributed by atoms with Crippen LogP contribution in [0.1, 0.15) is 38.5 Å². The molecule has 1 N–H and O–H groups in total. The molecule has 1 aliphatic carbocycles. The van der Waals surface area contributed by atoms with E-state index >= 15 is 0 Å². The van der Waals surface area contributed by atoms with Crippen molar-refractivity contribution in [3.63, 3.8) is 0 Å². The number of nitrogens with zero attached hydrogens (tertiary/aromatic N) is 1. The van der Waals surface area contributed by atoms with Gasteiger partial charge >= 0.3 is 6.03 Å². The van der Waals surface area contributed by atoms with Gasteiger partial charge in [0.15, 0.2) is 0 Å². The highest BCUT2D eigenvalue weighted by molar-refractivity contribution is 7.99. The summed E-state index contributed by atoms with van der Waals surface area (Å²) in [6.07, 6.45) is 8.70. The summed E-state index contributed by atoms with van der Waals surface area (Å²) in [6.45, 7) is 0.545. The van der Waals surface area contributed by atoms with E-state index in [9.17, 15) is 9.59 Å². The first-order valence-electron chi connectivity index (χ1n) is 7.11. The zero-order valence-electron chi connectivity index (χ0n) is 11.1. The van der Waals surface area contributed by atoms with E-state index in [4.69, 9.17) is 0 Å². The van der Waals surface area contributed by atoms with E-state index in [0.717, 1.165) is 37.2 Å². The number of nitrogens with one attached hydrogen (secondary N) is 1. The molecule has 2 saturated heterocycles. The maximum atomic E-state index is 12.4. The molecule has 5 heteroatoms. The molecule has 0 aromatic carbocycles. The maximum Gasteiger partial charge on any atom is 0.325 e. The van der Waals surface area contributed by atoms with E-state index in [0.29, 0.717) is 6.54 Å². The predicted molar refractivity (Wildman–Crippen MR) is 76.1 cm³/mol. The summed E-state index contributed by atoms with van der Waals surface area (Å²) in [5.74, 6) is 1.70. The summed E-state index contributed by atoms with van der Waals surface area (Å²) < 4.78 is 0. The first-order chi connectivity index (χ1) is 9.21. The lowest BCUT2D eigenvalue weighted by Crippen LogP contribution is -2.47. The highest BCUT2D eigenvalue weighted by atomic mass is 32.2. The van der Waals surface area contributed by atoms with Crippen molar-refractivity contribution in [2.75, 3.05) is 18.1 Å². The third kappa shape index (κ3) is 2.40. The Morgan fingerprint density at radius 2 is 2.26 bits per heavy atom. The van der Waals surface area contributed by atoms with Crippen molar-refractivity contribution in [3.8, 4) is 0 Å². The third-order valence-electron chi connectivity index (χ3n) is 4.31. The van der Waals surface area contributed by atoms with E-state index in [1.165, 1.54) is 23.3 Å². The second-order valence-corrected chi connectivity index (χ2v) is 6.73. The van der Waals surface area contributed by atoms with Crippen molar-refractivity contribution in [1.82, 2.24) is 10.2 Å². The van der Waals surface area contributed by atoms with Gasteiger partial charge in [0, 0.05) is 12.3 Å². The van der Waals surface area contributed by atoms with Crippen molar-refractivity contribution in [1.29, 1.82) is 0 Å². The highest BCUT2D eigenvalue weighted by Gasteiger charge is 2.52. The minimum absolute atomic E-state index is 0.00101. The number of hydrogen-bond donors (Lipinski definition) is 1. The Morgan fingerprint density at radius 1 is 1.37 bits per heavy atom. The van der Waals surface area contributed by atoms with Gasteiger partial charge in [0.05, 0.1) is 0 Å². The summed E-state index contributed by atoms with van der Waals surface area (Å²) >= 11 is 1.75. The lowest BCUT2D eigenvalue weighted by molar-refractivity contribution is -0.130. The van der Waals surface area contributed by atoms with E-state index in [1.54, 1.807) is 11.8 Å². The van der Waals surface area contributed by atoms with Gasteiger partial charge in [-0.3, -0.25) is 9.69 Å². The summed E-state index contributed by atoms with van der Waals surface area (Å²) in [4.78, 5) is 25.8. The molecular formula is C14H20N2O2S. The van der Waals surface area contributed by atoms with Gasteiger partial charge in [-0.15, -0.1) is 0 Å². The number of allylic oxidation sites excluding steroid dienone is 1. The molecule has 2 heterocycles. The van der Waals surface area contributed by atoms with Crippen LogP contribution in [0, 0.1) is 0 Å². The number of imide groups is 1. The fraction of sp³-hybridized carbons (Fsp3) is 0.714. The second-order valence-electron chi connectivity index (χ2n) is 5.63. The van der Waals surface area contributed by atoms with E-state index in [-0.39, 0.29) is 11.9 Å². The molecule has 2 fully saturated rings. The maximum absolute atomic E-state index is 12.4. The van der Waals surface area contributed by atoms with Crippen molar-refractivity contribution >= 4 is 23.7 Å².